The number of rotatable bonds is 2. The van der Waals surface area contributed by atoms with Gasteiger partial charge in [0.05, 0.1) is 0 Å². The van der Waals surface area contributed by atoms with Crippen molar-refractivity contribution in [2.75, 3.05) is 13.3 Å². The second-order valence-corrected chi connectivity index (χ2v) is 4.29. The SMILES string of the molecule is Fc1cc2c(cc1CC1CCCN1)OCO2. The highest BCUT2D eigenvalue weighted by Gasteiger charge is 2.21. The first-order valence-electron chi connectivity index (χ1n) is 5.64. The summed E-state index contributed by atoms with van der Waals surface area (Å²) in [5, 5.41) is 3.36. The summed E-state index contributed by atoms with van der Waals surface area (Å²) in [6.45, 7) is 1.23. The van der Waals surface area contributed by atoms with Gasteiger partial charge < -0.3 is 14.8 Å². The largest absolute Gasteiger partial charge is 0.454 e. The maximum Gasteiger partial charge on any atom is 0.231 e. The standard InChI is InChI=1S/C12H14FNO2/c13-10-6-12-11(15-7-16-12)5-8(10)4-9-2-1-3-14-9/h5-6,9,14H,1-4,7H2. The molecular formula is C12H14FNO2. The molecule has 1 saturated heterocycles. The molecule has 1 atom stereocenters. The van der Waals surface area contributed by atoms with E-state index >= 15 is 0 Å². The summed E-state index contributed by atoms with van der Waals surface area (Å²) in [5.74, 6) is 0.980. The van der Waals surface area contributed by atoms with Gasteiger partial charge in [-0.2, -0.15) is 0 Å². The first kappa shape index (κ1) is 9.90. The van der Waals surface area contributed by atoms with Crippen LogP contribution < -0.4 is 14.8 Å². The smallest absolute Gasteiger partial charge is 0.231 e. The summed E-state index contributed by atoms with van der Waals surface area (Å²) >= 11 is 0. The van der Waals surface area contributed by atoms with Crippen molar-refractivity contribution in [3.63, 3.8) is 0 Å². The molecule has 2 aliphatic heterocycles. The lowest BCUT2D eigenvalue weighted by molar-refractivity contribution is 0.174. The molecule has 1 unspecified atom stereocenters. The average Bonchev–Trinajstić information content (AvgIpc) is 2.89. The van der Waals surface area contributed by atoms with Crippen molar-refractivity contribution in [2.45, 2.75) is 25.3 Å². The molecule has 0 radical (unpaired) electrons. The second kappa shape index (κ2) is 3.94. The molecule has 1 fully saturated rings. The Morgan fingerprint density at radius 3 is 2.88 bits per heavy atom. The number of ether oxygens (including phenoxy) is 2. The highest BCUT2D eigenvalue weighted by atomic mass is 19.1. The van der Waals surface area contributed by atoms with Crippen LogP contribution in [0.15, 0.2) is 12.1 Å². The number of fused-ring (bicyclic) bond motifs is 1. The van der Waals surface area contributed by atoms with Crippen molar-refractivity contribution in [3.05, 3.63) is 23.5 Å². The van der Waals surface area contributed by atoms with Crippen molar-refractivity contribution in [2.24, 2.45) is 0 Å². The fraction of sp³-hybridized carbons (Fsp3) is 0.500. The van der Waals surface area contributed by atoms with Crippen LogP contribution in [0.25, 0.3) is 0 Å². The maximum absolute atomic E-state index is 13.7. The van der Waals surface area contributed by atoms with E-state index in [4.69, 9.17) is 9.47 Å². The maximum atomic E-state index is 13.7. The molecule has 16 heavy (non-hydrogen) atoms. The zero-order chi connectivity index (χ0) is 11.0. The monoisotopic (exact) mass is 223 g/mol. The van der Waals surface area contributed by atoms with Crippen LogP contribution in [0.1, 0.15) is 18.4 Å². The van der Waals surface area contributed by atoms with E-state index in [0.717, 1.165) is 19.4 Å². The average molecular weight is 223 g/mol. The number of nitrogens with one attached hydrogen (secondary N) is 1. The van der Waals surface area contributed by atoms with E-state index in [9.17, 15) is 4.39 Å². The van der Waals surface area contributed by atoms with Gasteiger partial charge in [0.25, 0.3) is 0 Å². The fourth-order valence-electron chi connectivity index (χ4n) is 2.31. The summed E-state index contributed by atoms with van der Waals surface area (Å²) in [6, 6.07) is 3.58. The van der Waals surface area contributed by atoms with Crippen LogP contribution in [0.5, 0.6) is 11.5 Å². The molecule has 2 aliphatic rings. The van der Waals surface area contributed by atoms with E-state index in [0.29, 0.717) is 23.1 Å². The molecule has 3 rings (SSSR count). The molecule has 2 heterocycles. The minimum absolute atomic E-state index is 0.194. The van der Waals surface area contributed by atoms with E-state index in [1.165, 1.54) is 12.5 Å². The Morgan fingerprint density at radius 1 is 1.31 bits per heavy atom. The summed E-state index contributed by atoms with van der Waals surface area (Å²) < 4.78 is 24.1. The minimum Gasteiger partial charge on any atom is -0.454 e. The first-order chi connectivity index (χ1) is 7.83. The fourth-order valence-corrected chi connectivity index (χ4v) is 2.31. The Bertz CT molecular complexity index is 402. The molecule has 4 heteroatoms. The van der Waals surface area contributed by atoms with Gasteiger partial charge in [0.1, 0.15) is 5.82 Å². The molecule has 0 aromatic heterocycles. The summed E-state index contributed by atoms with van der Waals surface area (Å²) in [4.78, 5) is 0. The summed E-state index contributed by atoms with van der Waals surface area (Å²) in [6.07, 6.45) is 3.02. The quantitative estimate of drug-likeness (QED) is 0.830. The van der Waals surface area contributed by atoms with E-state index in [1.54, 1.807) is 6.07 Å². The third-order valence-corrected chi connectivity index (χ3v) is 3.17. The molecule has 0 spiro atoms. The molecule has 0 aliphatic carbocycles. The summed E-state index contributed by atoms with van der Waals surface area (Å²) in [5.41, 5.74) is 0.712. The Labute approximate surface area is 93.6 Å². The molecule has 0 amide bonds. The van der Waals surface area contributed by atoms with E-state index in [-0.39, 0.29) is 12.6 Å². The molecule has 86 valence electrons. The van der Waals surface area contributed by atoms with Crippen molar-refractivity contribution in [3.8, 4) is 11.5 Å². The van der Waals surface area contributed by atoms with Gasteiger partial charge in [0, 0.05) is 12.1 Å². The zero-order valence-corrected chi connectivity index (χ0v) is 8.96. The van der Waals surface area contributed by atoms with Crippen LogP contribution in [0.4, 0.5) is 4.39 Å². The van der Waals surface area contributed by atoms with Crippen LogP contribution in [-0.2, 0) is 6.42 Å². The zero-order valence-electron chi connectivity index (χ0n) is 8.96. The number of hydrogen-bond donors (Lipinski definition) is 1. The van der Waals surface area contributed by atoms with Gasteiger partial charge in [-0.3, -0.25) is 0 Å². The van der Waals surface area contributed by atoms with Gasteiger partial charge in [-0.25, -0.2) is 4.39 Å². The Balaban J connectivity index is 1.83. The molecule has 3 nitrogen and oxygen atoms in total. The molecule has 0 saturated carbocycles. The number of halogens is 1. The van der Waals surface area contributed by atoms with Crippen molar-refractivity contribution >= 4 is 0 Å². The van der Waals surface area contributed by atoms with Crippen LogP contribution in [-0.4, -0.2) is 19.4 Å². The van der Waals surface area contributed by atoms with Crippen molar-refractivity contribution in [1.82, 2.24) is 5.32 Å². The van der Waals surface area contributed by atoms with Gasteiger partial charge in [-0.05, 0) is 37.4 Å². The molecule has 1 N–H and O–H groups in total. The normalized spacial score (nSPS) is 22.7. The molecule has 1 aromatic rings. The van der Waals surface area contributed by atoms with Crippen molar-refractivity contribution in [1.29, 1.82) is 0 Å². The minimum atomic E-state index is -0.196. The van der Waals surface area contributed by atoms with Gasteiger partial charge in [0.2, 0.25) is 6.79 Å². The van der Waals surface area contributed by atoms with Gasteiger partial charge >= 0.3 is 0 Å². The van der Waals surface area contributed by atoms with E-state index in [1.807, 2.05) is 0 Å². The second-order valence-electron chi connectivity index (χ2n) is 4.29. The lowest BCUT2D eigenvalue weighted by Crippen LogP contribution is -2.24. The predicted octanol–water partition coefficient (Wildman–Crippen LogP) is 1.85. The molecule has 0 bridgehead atoms. The van der Waals surface area contributed by atoms with Crippen LogP contribution >= 0.6 is 0 Å². The van der Waals surface area contributed by atoms with Gasteiger partial charge in [0.15, 0.2) is 11.5 Å². The Morgan fingerprint density at radius 2 is 2.12 bits per heavy atom. The topological polar surface area (TPSA) is 30.5 Å². The first-order valence-corrected chi connectivity index (χ1v) is 5.64. The number of benzene rings is 1. The van der Waals surface area contributed by atoms with E-state index in [2.05, 4.69) is 5.32 Å². The third kappa shape index (κ3) is 1.73. The van der Waals surface area contributed by atoms with Crippen LogP contribution in [0.2, 0.25) is 0 Å². The van der Waals surface area contributed by atoms with Crippen LogP contribution in [0, 0.1) is 5.82 Å². The van der Waals surface area contributed by atoms with Crippen molar-refractivity contribution < 1.29 is 13.9 Å². The Kier molecular flexibility index (Phi) is 2.44. The molecular weight excluding hydrogens is 209 g/mol. The van der Waals surface area contributed by atoms with Gasteiger partial charge in [-0.15, -0.1) is 0 Å². The Hall–Kier alpha value is -1.29. The predicted molar refractivity (Wildman–Crippen MR) is 57.3 cm³/mol. The highest BCUT2D eigenvalue weighted by molar-refractivity contribution is 5.45. The molecule has 1 aromatic carbocycles. The number of hydrogen-bond acceptors (Lipinski definition) is 3. The lowest BCUT2D eigenvalue weighted by Gasteiger charge is -2.11. The third-order valence-electron chi connectivity index (χ3n) is 3.17. The summed E-state index contributed by atoms with van der Waals surface area (Å²) in [7, 11) is 0. The lowest BCUT2D eigenvalue weighted by atomic mass is 10.0. The highest BCUT2D eigenvalue weighted by Crippen LogP contribution is 2.34. The van der Waals surface area contributed by atoms with Crippen LogP contribution in [0.3, 0.4) is 0 Å². The van der Waals surface area contributed by atoms with Gasteiger partial charge in [-0.1, -0.05) is 0 Å². The van der Waals surface area contributed by atoms with E-state index < -0.39 is 0 Å².